The Balaban J connectivity index is 2.13. The maximum absolute atomic E-state index is 5.27. The van der Waals surface area contributed by atoms with Crippen molar-refractivity contribution < 1.29 is 4.74 Å². The van der Waals surface area contributed by atoms with Gasteiger partial charge in [0.2, 0.25) is 0 Å². The molecule has 0 spiro atoms. The van der Waals surface area contributed by atoms with Crippen LogP contribution in [-0.2, 0) is 4.74 Å². The molecule has 1 aromatic heterocycles. The Hall–Kier alpha value is -0.420. The van der Waals surface area contributed by atoms with Crippen molar-refractivity contribution in [2.24, 2.45) is 0 Å². The summed E-state index contributed by atoms with van der Waals surface area (Å²) in [6.07, 6.45) is 3.87. The van der Waals surface area contributed by atoms with Gasteiger partial charge in [0.05, 0.1) is 0 Å². The van der Waals surface area contributed by atoms with Crippen LogP contribution in [0.2, 0.25) is 0 Å². The van der Waals surface area contributed by atoms with Crippen molar-refractivity contribution in [3.8, 4) is 0 Å². The van der Waals surface area contributed by atoms with Gasteiger partial charge in [0, 0.05) is 19.3 Å². The standard InChI is InChI=1S/C7H10BrN3O/c8-7-10-9-5-11(7)6-1-3-12-4-2-6/h5-6H,1-4H2. The molecule has 1 aliphatic rings. The summed E-state index contributed by atoms with van der Waals surface area (Å²) in [6, 6.07) is 0.503. The minimum atomic E-state index is 0.503. The molecule has 4 nitrogen and oxygen atoms in total. The second-order valence-corrected chi connectivity index (χ2v) is 3.56. The SMILES string of the molecule is Brc1nncn1C1CCOCC1. The monoisotopic (exact) mass is 231 g/mol. The number of rotatable bonds is 1. The molecule has 1 aliphatic heterocycles. The predicted molar refractivity (Wildman–Crippen MR) is 46.8 cm³/mol. The van der Waals surface area contributed by atoms with E-state index < -0.39 is 0 Å². The number of nitrogens with zero attached hydrogens (tertiary/aromatic N) is 3. The molecule has 5 heteroatoms. The molecule has 1 fully saturated rings. The lowest BCUT2D eigenvalue weighted by Gasteiger charge is -2.23. The molecule has 2 heterocycles. The van der Waals surface area contributed by atoms with Gasteiger partial charge < -0.3 is 9.30 Å². The largest absolute Gasteiger partial charge is 0.381 e. The second kappa shape index (κ2) is 3.53. The summed E-state index contributed by atoms with van der Waals surface area (Å²) >= 11 is 3.35. The van der Waals surface area contributed by atoms with E-state index in [1.54, 1.807) is 6.33 Å². The van der Waals surface area contributed by atoms with Crippen LogP contribution in [0.3, 0.4) is 0 Å². The lowest BCUT2D eigenvalue weighted by molar-refractivity contribution is 0.0689. The van der Waals surface area contributed by atoms with Gasteiger partial charge in [-0.25, -0.2) is 0 Å². The van der Waals surface area contributed by atoms with Gasteiger partial charge in [0.25, 0.3) is 0 Å². The highest BCUT2D eigenvalue weighted by atomic mass is 79.9. The summed E-state index contributed by atoms with van der Waals surface area (Å²) < 4.78 is 8.14. The van der Waals surface area contributed by atoms with E-state index >= 15 is 0 Å². The average Bonchev–Trinajstić information content (AvgIpc) is 2.53. The zero-order valence-electron chi connectivity index (χ0n) is 6.61. The van der Waals surface area contributed by atoms with Gasteiger partial charge in [-0.3, -0.25) is 0 Å². The van der Waals surface area contributed by atoms with Crippen LogP contribution < -0.4 is 0 Å². The highest BCUT2D eigenvalue weighted by Gasteiger charge is 2.17. The number of hydrogen-bond acceptors (Lipinski definition) is 3. The fourth-order valence-corrected chi connectivity index (χ4v) is 1.91. The molecule has 0 unspecified atom stereocenters. The average molecular weight is 232 g/mol. The molecule has 66 valence electrons. The Morgan fingerprint density at radius 1 is 1.50 bits per heavy atom. The van der Waals surface area contributed by atoms with E-state index in [9.17, 15) is 0 Å². The van der Waals surface area contributed by atoms with Crippen molar-refractivity contribution in [1.82, 2.24) is 14.8 Å². The van der Waals surface area contributed by atoms with E-state index in [0.717, 1.165) is 30.8 Å². The third-order valence-electron chi connectivity index (χ3n) is 2.11. The van der Waals surface area contributed by atoms with Gasteiger partial charge in [-0.1, -0.05) is 0 Å². The number of aromatic nitrogens is 3. The van der Waals surface area contributed by atoms with Crippen molar-refractivity contribution in [2.45, 2.75) is 18.9 Å². The van der Waals surface area contributed by atoms with Gasteiger partial charge in [0.15, 0.2) is 4.73 Å². The van der Waals surface area contributed by atoms with E-state index in [1.807, 2.05) is 0 Å². The summed E-state index contributed by atoms with van der Waals surface area (Å²) in [5.74, 6) is 0. The summed E-state index contributed by atoms with van der Waals surface area (Å²) in [6.45, 7) is 1.69. The van der Waals surface area contributed by atoms with Crippen LogP contribution >= 0.6 is 15.9 Å². The van der Waals surface area contributed by atoms with Crippen molar-refractivity contribution >= 4 is 15.9 Å². The van der Waals surface area contributed by atoms with Crippen LogP contribution in [0.15, 0.2) is 11.1 Å². The van der Waals surface area contributed by atoms with Crippen LogP contribution in [0.4, 0.5) is 0 Å². The number of halogens is 1. The fourth-order valence-electron chi connectivity index (χ4n) is 1.44. The maximum Gasteiger partial charge on any atom is 0.200 e. The summed E-state index contributed by atoms with van der Waals surface area (Å²) in [4.78, 5) is 0. The topological polar surface area (TPSA) is 39.9 Å². The second-order valence-electron chi connectivity index (χ2n) is 2.85. The summed E-state index contributed by atoms with van der Waals surface area (Å²) in [5.41, 5.74) is 0. The lowest BCUT2D eigenvalue weighted by Crippen LogP contribution is -2.19. The Morgan fingerprint density at radius 2 is 2.25 bits per heavy atom. The van der Waals surface area contributed by atoms with Crippen LogP contribution in [0.25, 0.3) is 0 Å². The molecule has 0 saturated carbocycles. The molecule has 0 amide bonds. The van der Waals surface area contributed by atoms with Crippen molar-refractivity contribution in [1.29, 1.82) is 0 Å². The third kappa shape index (κ3) is 1.51. The van der Waals surface area contributed by atoms with Crippen molar-refractivity contribution in [3.63, 3.8) is 0 Å². The summed E-state index contributed by atoms with van der Waals surface area (Å²) in [5, 5.41) is 7.70. The molecule has 0 bridgehead atoms. The molecule has 1 saturated heterocycles. The molecular formula is C7H10BrN3O. The zero-order valence-corrected chi connectivity index (χ0v) is 8.20. The molecule has 0 N–H and O–H groups in total. The summed E-state index contributed by atoms with van der Waals surface area (Å²) in [7, 11) is 0. The third-order valence-corrected chi connectivity index (χ3v) is 2.68. The van der Waals surface area contributed by atoms with Crippen LogP contribution in [0.1, 0.15) is 18.9 Å². The van der Waals surface area contributed by atoms with E-state index in [1.165, 1.54) is 0 Å². The molecule has 12 heavy (non-hydrogen) atoms. The molecule has 0 atom stereocenters. The van der Waals surface area contributed by atoms with Crippen molar-refractivity contribution in [2.75, 3.05) is 13.2 Å². The highest BCUT2D eigenvalue weighted by molar-refractivity contribution is 9.10. The first-order valence-electron chi connectivity index (χ1n) is 4.00. The Morgan fingerprint density at radius 3 is 2.83 bits per heavy atom. The lowest BCUT2D eigenvalue weighted by atomic mass is 10.1. The van der Waals surface area contributed by atoms with Gasteiger partial charge in [-0.05, 0) is 28.8 Å². The van der Waals surface area contributed by atoms with Crippen molar-refractivity contribution in [3.05, 3.63) is 11.1 Å². The van der Waals surface area contributed by atoms with Crippen LogP contribution in [0.5, 0.6) is 0 Å². The van der Waals surface area contributed by atoms with Crippen LogP contribution in [-0.4, -0.2) is 28.0 Å². The Labute approximate surface area is 79.1 Å². The van der Waals surface area contributed by atoms with Crippen LogP contribution in [0, 0.1) is 0 Å². The first-order valence-corrected chi connectivity index (χ1v) is 4.80. The molecule has 2 rings (SSSR count). The van der Waals surface area contributed by atoms with E-state index in [4.69, 9.17) is 4.74 Å². The van der Waals surface area contributed by atoms with E-state index in [-0.39, 0.29) is 0 Å². The van der Waals surface area contributed by atoms with Gasteiger partial charge in [-0.2, -0.15) is 0 Å². The molecule has 0 radical (unpaired) electrons. The predicted octanol–water partition coefficient (Wildman–Crippen LogP) is 1.39. The van der Waals surface area contributed by atoms with Gasteiger partial charge in [-0.15, -0.1) is 10.2 Å². The first-order chi connectivity index (χ1) is 5.88. The minimum absolute atomic E-state index is 0.503. The first kappa shape index (κ1) is 8.19. The fraction of sp³-hybridized carbons (Fsp3) is 0.714. The smallest absolute Gasteiger partial charge is 0.200 e. The van der Waals surface area contributed by atoms with Gasteiger partial charge >= 0.3 is 0 Å². The molecular weight excluding hydrogens is 222 g/mol. The molecule has 0 aromatic carbocycles. The van der Waals surface area contributed by atoms with Gasteiger partial charge in [0.1, 0.15) is 6.33 Å². The Bertz CT molecular complexity index is 257. The Kier molecular flexibility index (Phi) is 2.41. The number of ether oxygens (including phenoxy) is 1. The molecule has 0 aliphatic carbocycles. The minimum Gasteiger partial charge on any atom is -0.381 e. The highest BCUT2D eigenvalue weighted by Crippen LogP contribution is 2.23. The number of hydrogen-bond donors (Lipinski definition) is 0. The normalized spacial score (nSPS) is 19.8. The van der Waals surface area contributed by atoms with E-state index in [0.29, 0.717) is 6.04 Å². The zero-order chi connectivity index (χ0) is 8.39. The maximum atomic E-state index is 5.27. The molecule has 1 aromatic rings. The quantitative estimate of drug-likeness (QED) is 0.734. The van der Waals surface area contributed by atoms with E-state index in [2.05, 4.69) is 30.7 Å².